The lowest BCUT2D eigenvalue weighted by Crippen LogP contribution is -2.13. The molecule has 0 aliphatic heterocycles. The van der Waals surface area contributed by atoms with E-state index in [0.29, 0.717) is 23.3 Å². The SMILES string of the molecule is CCc1c(OC)ccc(C(C)C(=O)OC)c1F. The van der Waals surface area contributed by atoms with Crippen LogP contribution in [0.15, 0.2) is 12.1 Å². The number of rotatable bonds is 4. The first-order valence-corrected chi connectivity index (χ1v) is 5.49. The topological polar surface area (TPSA) is 35.5 Å². The van der Waals surface area contributed by atoms with Gasteiger partial charge in [-0.15, -0.1) is 0 Å². The Balaban J connectivity index is 3.23. The minimum Gasteiger partial charge on any atom is -0.496 e. The first-order chi connectivity index (χ1) is 8.06. The van der Waals surface area contributed by atoms with Gasteiger partial charge in [0.05, 0.1) is 20.1 Å². The van der Waals surface area contributed by atoms with Gasteiger partial charge in [-0.3, -0.25) is 4.79 Å². The Morgan fingerprint density at radius 3 is 2.53 bits per heavy atom. The molecule has 0 aliphatic rings. The zero-order valence-electron chi connectivity index (χ0n) is 10.5. The molecular formula is C13H17FO3. The molecule has 17 heavy (non-hydrogen) atoms. The summed E-state index contributed by atoms with van der Waals surface area (Å²) in [5.74, 6) is -0.942. The molecule has 0 bridgehead atoms. The Hall–Kier alpha value is -1.58. The van der Waals surface area contributed by atoms with E-state index in [0.717, 1.165) is 0 Å². The molecule has 0 saturated heterocycles. The monoisotopic (exact) mass is 240 g/mol. The van der Waals surface area contributed by atoms with Gasteiger partial charge in [0.1, 0.15) is 11.6 Å². The predicted molar refractivity (Wildman–Crippen MR) is 62.8 cm³/mol. The van der Waals surface area contributed by atoms with Crippen LogP contribution in [-0.2, 0) is 16.0 Å². The second-order valence-corrected chi connectivity index (χ2v) is 3.75. The van der Waals surface area contributed by atoms with Gasteiger partial charge in [-0.2, -0.15) is 0 Å². The number of carbonyl (C=O) groups excluding carboxylic acids is 1. The molecule has 0 aromatic heterocycles. The number of ether oxygens (including phenoxy) is 2. The zero-order chi connectivity index (χ0) is 13.0. The van der Waals surface area contributed by atoms with Crippen molar-refractivity contribution in [3.05, 3.63) is 29.1 Å². The van der Waals surface area contributed by atoms with Crippen LogP contribution in [0.25, 0.3) is 0 Å². The molecule has 0 saturated carbocycles. The van der Waals surface area contributed by atoms with Crippen LogP contribution < -0.4 is 4.74 Å². The van der Waals surface area contributed by atoms with Crippen molar-refractivity contribution in [3.63, 3.8) is 0 Å². The highest BCUT2D eigenvalue weighted by Crippen LogP contribution is 2.29. The number of esters is 1. The zero-order valence-corrected chi connectivity index (χ0v) is 10.5. The van der Waals surface area contributed by atoms with Crippen molar-refractivity contribution in [2.45, 2.75) is 26.2 Å². The fourth-order valence-electron chi connectivity index (χ4n) is 1.78. The lowest BCUT2D eigenvalue weighted by molar-refractivity contribution is -0.142. The van der Waals surface area contributed by atoms with Crippen LogP contribution in [0.4, 0.5) is 4.39 Å². The van der Waals surface area contributed by atoms with Crippen LogP contribution in [0.1, 0.15) is 30.9 Å². The van der Waals surface area contributed by atoms with Gasteiger partial charge in [0, 0.05) is 11.1 Å². The maximum atomic E-state index is 14.2. The minimum atomic E-state index is -0.615. The molecule has 0 heterocycles. The quantitative estimate of drug-likeness (QED) is 0.759. The number of carbonyl (C=O) groups is 1. The van der Waals surface area contributed by atoms with Gasteiger partial charge in [-0.1, -0.05) is 13.0 Å². The van der Waals surface area contributed by atoms with E-state index < -0.39 is 11.9 Å². The first-order valence-electron chi connectivity index (χ1n) is 5.49. The van der Waals surface area contributed by atoms with Gasteiger partial charge >= 0.3 is 5.97 Å². The van der Waals surface area contributed by atoms with Crippen LogP contribution >= 0.6 is 0 Å². The van der Waals surface area contributed by atoms with E-state index in [-0.39, 0.29) is 5.82 Å². The summed E-state index contributed by atoms with van der Waals surface area (Å²) in [5, 5.41) is 0. The Kier molecular flexibility index (Phi) is 4.49. The number of hydrogen-bond acceptors (Lipinski definition) is 3. The normalized spacial score (nSPS) is 12.1. The van der Waals surface area contributed by atoms with Crippen LogP contribution in [0.3, 0.4) is 0 Å². The molecule has 4 heteroatoms. The Bertz CT molecular complexity index is 415. The molecule has 94 valence electrons. The average Bonchev–Trinajstić information content (AvgIpc) is 2.36. The highest BCUT2D eigenvalue weighted by molar-refractivity contribution is 5.77. The highest BCUT2D eigenvalue weighted by Gasteiger charge is 2.22. The summed E-state index contributed by atoms with van der Waals surface area (Å²) in [6, 6.07) is 3.24. The molecule has 0 amide bonds. The second-order valence-electron chi connectivity index (χ2n) is 3.75. The maximum Gasteiger partial charge on any atom is 0.312 e. The van der Waals surface area contributed by atoms with Gasteiger partial charge in [0.15, 0.2) is 0 Å². The Morgan fingerprint density at radius 1 is 1.41 bits per heavy atom. The summed E-state index contributed by atoms with van der Waals surface area (Å²) in [5.41, 5.74) is 0.829. The van der Waals surface area contributed by atoms with Gasteiger partial charge in [-0.05, 0) is 19.4 Å². The van der Waals surface area contributed by atoms with Crippen LogP contribution in [-0.4, -0.2) is 20.2 Å². The number of benzene rings is 1. The van der Waals surface area contributed by atoms with Crippen molar-refractivity contribution in [3.8, 4) is 5.75 Å². The van der Waals surface area contributed by atoms with E-state index in [9.17, 15) is 9.18 Å². The van der Waals surface area contributed by atoms with E-state index in [1.165, 1.54) is 14.2 Å². The van der Waals surface area contributed by atoms with Crippen LogP contribution in [0, 0.1) is 5.82 Å². The number of methoxy groups -OCH3 is 2. The molecule has 3 nitrogen and oxygen atoms in total. The summed E-state index contributed by atoms with van der Waals surface area (Å²) in [7, 11) is 2.79. The Labute approximate surface area is 101 Å². The molecule has 0 spiro atoms. The van der Waals surface area contributed by atoms with E-state index in [2.05, 4.69) is 4.74 Å². The van der Waals surface area contributed by atoms with Crippen LogP contribution in [0.2, 0.25) is 0 Å². The van der Waals surface area contributed by atoms with Crippen molar-refractivity contribution in [2.24, 2.45) is 0 Å². The summed E-state index contributed by atoms with van der Waals surface area (Å²) < 4.78 is 23.9. The Morgan fingerprint density at radius 2 is 2.06 bits per heavy atom. The van der Waals surface area contributed by atoms with Crippen LogP contribution in [0.5, 0.6) is 5.75 Å². The third-order valence-corrected chi connectivity index (χ3v) is 2.82. The third-order valence-electron chi connectivity index (χ3n) is 2.82. The van der Waals surface area contributed by atoms with Crippen molar-refractivity contribution in [2.75, 3.05) is 14.2 Å². The molecule has 1 unspecified atom stereocenters. The van der Waals surface area contributed by atoms with Gasteiger partial charge in [0.2, 0.25) is 0 Å². The fourth-order valence-corrected chi connectivity index (χ4v) is 1.78. The summed E-state index contributed by atoms with van der Waals surface area (Å²) in [6.45, 7) is 3.46. The largest absolute Gasteiger partial charge is 0.496 e. The van der Waals surface area contributed by atoms with Crippen molar-refractivity contribution < 1.29 is 18.7 Å². The third kappa shape index (κ3) is 2.57. The molecule has 1 aromatic rings. The molecule has 0 aliphatic carbocycles. The molecule has 0 fully saturated rings. The predicted octanol–water partition coefficient (Wildman–Crippen LogP) is 2.67. The smallest absolute Gasteiger partial charge is 0.312 e. The fraction of sp³-hybridized carbons (Fsp3) is 0.462. The maximum absolute atomic E-state index is 14.2. The number of hydrogen-bond donors (Lipinski definition) is 0. The highest BCUT2D eigenvalue weighted by atomic mass is 19.1. The average molecular weight is 240 g/mol. The standard InChI is InChI=1S/C13H17FO3/c1-5-9-11(16-3)7-6-10(12(9)14)8(2)13(15)17-4/h6-8H,5H2,1-4H3. The molecule has 1 aromatic carbocycles. The van der Waals surface area contributed by atoms with Gasteiger partial charge in [-0.25, -0.2) is 4.39 Å². The van der Waals surface area contributed by atoms with Crippen molar-refractivity contribution in [1.29, 1.82) is 0 Å². The van der Waals surface area contributed by atoms with Gasteiger partial charge < -0.3 is 9.47 Å². The van der Waals surface area contributed by atoms with E-state index >= 15 is 0 Å². The second kappa shape index (κ2) is 5.66. The lowest BCUT2D eigenvalue weighted by Gasteiger charge is -2.15. The molecular weight excluding hydrogens is 223 g/mol. The van der Waals surface area contributed by atoms with E-state index in [1.807, 2.05) is 6.92 Å². The molecule has 0 radical (unpaired) electrons. The minimum absolute atomic E-state index is 0.342. The summed E-state index contributed by atoms with van der Waals surface area (Å²) in [4.78, 5) is 11.4. The van der Waals surface area contributed by atoms with Crippen molar-refractivity contribution in [1.82, 2.24) is 0 Å². The van der Waals surface area contributed by atoms with E-state index in [1.54, 1.807) is 19.1 Å². The molecule has 1 atom stereocenters. The lowest BCUT2D eigenvalue weighted by atomic mass is 9.96. The summed E-state index contributed by atoms with van der Waals surface area (Å²) >= 11 is 0. The molecule has 1 rings (SSSR count). The molecule has 0 N–H and O–H groups in total. The number of halogens is 1. The van der Waals surface area contributed by atoms with Gasteiger partial charge in [0.25, 0.3) is 0 Å². The summed E-state index contributed by atoms with van der Waals surface area (Å²) in [6.07, 6.45) is 0.511. The van der Waals surface area contributed by atoms with E-state index in [4.69, 9.17) is 4.74 Å². The van der Waals surface area contributed by atoms with Crippen molar-refractivity contribution >= 4 is 5.97 Å². The first kappa shape index (κ1) is 13.5.